The average molecular weight is 322 g/mol. The summed E-state index contributed by atoms with van der Waals surface area (Å²) in [4.78, 5) is 0. The molecule has 0 bridgehead atoms. The quantitative estimate of drug-likeness (QED) is 0.549. The van der Waals surface area contributed by atoms with Crippen molar-refractivity contribution in [2.24, 2.45) is 0 Å². The van der Waals surface area contributed by atoms with Gasteiger partial charge in [0.1, 0.15) is 23.9 Å². The van der Waals surface area contributed by atoms with Gasteiger partial charge in [-0.2, -0.15) is 0 Å². The Morgan fingerprint density at radius 2 is 1.71 bits per heavy atom. The molecule has 0 unspecified atom stereocenters. The van der Waals surface area contributed by atoms with Gasteiger partial charge < -0.3 is 9.47 Å². The van der Waals surface area contributed by atoms with Crippen LogP contribution in [0.3, 0.4) is 0 Å². The molecule has 0 aromatic heterocycles. The van der Waals surface area contributed by atoms with Crippen LogP contribution in [0.5, 0.6) is 11.5 Å². The van der Waals surface area contributed by atoms with Gasteiger partial charge in [0.25, 0.3) is 0 Å². The summed E-state index contributed by atoms with van der Waals surface area (Å²) in [6, 6.07) is 16.5. The van der Waals surface area contributed by atoms with E-state index in [9.17, 15) is 4.39 Å². The molecule has 122 valence electrons. The third kappa shape index (κ3) is 3.25. The highest BCUT2D eigenvalue weighted by atomic mass is 19.1. The Balaban J connectivity index is 1.96. The summed E-state index contributed by atoms with van der Waals surface area (Å²) in [5, 5.41) is 1.41. The average Bonchev–Trinajstić information content (AvgIpc) is 2.61. The zero-order valence-corrected chi connectivity index (χ0v) is 13.6. The summed E-state index contributed by atoms with van der Waals surface area (Å²) in [7, 11) is 0. The van der Waals surface area contributed by atoms with E-state index in [-0.39, 0.29) is 5.82 Å². The highest BCUT2D eigenvalue weighted by molar-refractivity contribution is 5.89. The van der Waals surface area contributed by atoms with Gasteiger partial charge in [0.2, 0.25) is 0 Å². The molecule has 0 atom stereocenters. The molecule has 0 aliphatic heterocycles. The number of ether oxygens (including phenoxy) is 2. The first kappa shape index (κ1) is 16.1. The third-order valence-electron chi connectivity index (χ3n) is 3.77. The minimum absolute atomic E-state index is 0.227. The minimum atomic E-state index is -0.227. The van der Waals surface area contributed by atoms with E-state index >= 15 is 0 Å². The zero-order chi connectivity index (χ0) is 16.9. The molecule has 2 nitrogen and oxygen atoms in total. The lowest BCUT2D eigenvalue weighted by atomic mass is 10.00. The second kappa shape index (κ2) is 7.18. The van der Waals surface area contributed by atoms with Gasteiger partial charge in [-0.1, -0.05) is 36.9 Å². The second-order valence-corrected chi connectivity index (χ2v) is 5.37. The van der Waals surface area contributed by atoms with Gasteiger partial charge in [-0.25, -0.2) is 4.39 Å². The minimum Gasteiger partial charge on any atom is -0.494 e. The summed E-state index contributed by atoms with van der Waals surface area (Å²) in [6.07, 6.45) is 1.69. The molecule has 0 aliphatic carbocycles. The van der Waals surface area contributed by atoms with Crippen molar-refractivity contribution in [2.45, 2.75) is 6.92 Å². The normalized spacial score (nSPS) is 10.6. The maximum Gasteiger partial charge on any atom is 0.138 e. The Hall–Kier alpha value is -2.81. The molecule has 0 saturated carbocycles. The summed E-state index contributed by atoms with van der Waals surface area (Å²) in [5.41, 5.74) is 1.39. The lowest BCUT2D eigenvalue weighted by Crippen LogP contribution is -1.93. The molecule has 0 aliphatic rings. The van der Waals surface area contributed by atoms with Crippen LogP contribution in [0.2, 0.25) is 0 Å². The first-order valence-electron chi connectivity index (χ1n) is 7.92. The standard InChI is InChI=1S/C21H19FO2/c1-3-13-24-17-8-5-15(6-9-17)19-11-7-16-14-18(23-4-2)10-12-20(16)21(19)22/h3,5-12,14H,1,4,13H2,2H3. The molecule has 3 aromatic carbocycles. The van der Waals surface area contributed by atoms with Gasteiger partial charge in [0.15, 0.2) is 0 Å². The van der Waals surface area contributed by atoms with Crippen molar-refractivity contribution in [3.63, 3.8) is 0 Å². The number of hydrogen-bond donors (Lipinski definition) is 0. The Labute approximate surface area is 141 Å². The fourth-order valence-electron chi connectivity index (χ4n) is 2.64. The summed E-state index contributed by atoms with van der Waals surface area (Å²) in [6.45, 7) is 6.58. The van der Waals surface area contributed by atoms with Crippen LogP contribution in [-0.4, -0.2) is 13.2 Å². The third-order valence-corrected chi connectivity index (χ3v) is 3.77. The second-order valence-electron chi connectivity index (χ2n) is 5.37. The molecule has 3 rings (SSSR count). The van der Waals surface area contributed by atoms with Crippen molar-refractivity contribution in [3.05, 3.63) is 73.1 Å². The molecule has 3 heteroatoms. The van der Waals surface area contributed by atoms with Crippen LogP contribution in [0.15, 0.2) is 67.3 Å². The van der Waals surface area contributed by atoms with Crippen LogP contribution in [0.25, 0.3) is 21.9 Å². The van der Waals surface area contributed by atoms with E-state index in [1.165, 1.54) is 0 Å². The van der Waals surface area contributed by atoms with E-state index in [0.717, 1.165) is 22.4 Å². The van der Waals surface area contributed by atoms with Gasteiger partial charge >= 0.3 is 0 Å². The zero-order valence-electron chi connectivity index (χ0n) is 13.6. The topological polar surface area (TPSA) is 18.5 Å². The van der Waals surface area contributed by atoms with Crippen molar-refractivity contribution < 1.29 is 13.9 Å². The van der Waals surface area contributed by atoms with Crippen molar-refractivity contribution in [1.29, 1.82) is 0 Å². The molecule has 0 saturated heterocycles. The molecule has 3 aromatic rings. The van der Waals surface area contributed by atoms with E-state index in [2.05, 4.69) is 6.58 Å². The van der Waals surface area contributed by atoms with Crippen LogP contribution in [0.4, 0.5) is 4.39 Å². The lowest BCUT2D eigenvalue weighted by molar-refractivity contribution is 0.340. The molecular weight excluding hydrogens is 303 g/mol. The molecule has 0 N–H and O–H groups in total. The molecule has 0 fully saturated rings. The maximum atomic E-state index is 14.9. The largest absolute Gasteiger partial charge is 0.494 e. The Morgan fingerprint density at radius 3 is 2.42 bits per heavy atom. The Kier molecular flexibility index (Phi) is 4.80. The SMILES string of the molecule is C=CCOc1ccc(-c2ccc3cc(OCC)ccc3c2F)cc1. The summed E-state index contributed by atoms with van der Waals surface area (Å²) < 4.78 is 25.8. The monoisotopic (exact) mass is 322 g/mol. The van der Waals surface area contributed by atoms with E-state index in [0.29, 0.717) is 24.2 Å². The van der Waals surface area contributed by atoms with Crippen molar-refractivity contribution in [1.82, 2.24) is 0 Å². The fraction of sp³-hybridized carbons (Fsp3) is 0.143. The van der Waals surface area contributed by atoms with E-state index in [1.54, 1.807) is 24.3 Å². The van der Waals surface area contributed by atoms with Gasteiger partial charge in [0.05, 0.1) is 6.61 Å². The van der Waals surface area contributed by atoms with Crippen LogP contribution in [-0.2, 0) is 0 Å². The molecule has 0 heterocycles. The first-order chi connectivity index (χ1) is 11.7. The van der Waals surface area contributed by atoms with Gasteiger partial charge in [-0.05, 0) is 48.2 Å². The molecule has 0 spiro atoms. The molecule has 24 heavy (non-hydrogen) atoms. The van der Waals surface area contributed by atoms with E-state index < -0.39 is 0 Å². The number of hydrogen-bond acceptors (Lipinski definition) is 2. The van der Waals surface area contributed by atoms with Gasteiger partial charge in [0, 0.05) is 10.9 Å². The van der Waals surface area contributed by atoms with Crippen LogP contribution >= 0.6 is 0 Å². The predicted molar refractivity (Wildman–Crippen MR) is 96.2 cm³/mol. The van der Waals surface area contributed by atoms with Crippen molar-refractivity contribution in [2.75, 3.05) is 13.2 Å². The number of halogens is 1. The molecular formula is C21H19FO2. The molecule has 0 amide bonds. The lowest BCUT2D eigenvalue weighted by Gasteiger charge is -2.10. The maximum absolute atomic E-state index is 14.9. The predicted octanol–water partition coefficient (Wildman–Crippen LogP) is 5.61. The fourth-order valence-corrected chi connectivity index (χ4v) is 2.64. The Morgan fingerprint density at radius 1 is 0.958 bits per heavy atom. The Bertz CT molecular complexity index is 854. The van der Waals surface area contributed by atoms with Gasteiger partial charge in [-0.15, -0.1) is 0 Å². The molecule has 0 radical (unpaired) electrons. The van der Waals surface area contributed by atoms with E-state index in [1.807, 2.05) is 43.3 Å². The highest BCUT2D eigenvalue weighted by Crippen LogP contribution is 2.31. The van der Waals surface area contributed by atoms with Crippen LogP contribution < -0.4 is 9.47 Å². The number of fused-ring (bicyclic) bond motifs is 1. The van der Waals surface area contributed by atoms with Crippen LogP contribution in [0, 0.1) is 5.82 Å². The van der Waals surface area contributed by atoms with E-state index in [4.69, 9.17) is 9.47 Å². The highest BCUT2D eigenvalue weighted by Gasteiger charge is 2.10. The number of benzene rings is 3. The smallest absolute Gasteiger partial charge is 0.138 e. The first-order valence-corrected chi connectivity index (χ1v) is 7.92. The summed E-state index contributed by atoms with van der Waals surface area (Å²) in [5.74, 6) is 1.26. The number of rotatable bonds is 6. The van der Waals surface area contributed by atoms with Crippen LogP contribution in [0.1, 0.15) is 6.92 Å². The van der Waals surface area contributed by atoms with Gasteiger partial charge in [-0.3, -0.25) is 0 Å². The van der Waals surface area contributed by atoms with Crippen molar-refractivity contribution in [3.8, 4) is 22.6 Å². The van der Waals surface area contributed by atoms with Crippen molar-refractivity contribution >= 4 is 10.8 Å². The summed E-state index contributed by atoms with van der Waals surface area (Å²) >= 11 is 0.